The van der Waals surface area contributed by atoms with Crippen molar-refractivity contribution in [1.82, 2.24) is 4.90 Å². The molecule has 0 saturated carbocycles. The minimum Gasteiger partial charge on any atom is -0.493 e. The van der Waals surface area contributed by atoms with Gasteiger partial charge in [0.1, 0.15) is 0 Å². The van der Waals surface area contributed by atoms with Crippen LogP contribution in [0.5, 0.6) is 11.5 Å². The van der Waals surface area contributed by atoms with Gasteiger partial charge < -0.3 is 40.1 Å². The number of hydrogen-bond donors (Lipinski definition) is 5. The van der Waals surface area contributed by atoms with E-state index in [2.05, 4.69) is 23.3 Å². The molecule has 1 amide bonds. The highest BCUT2D eigenvalue weighted by molar-refractivity contribution is 6.15. The number of nitrogens with one attached hydrogen (secondary N) is 1. The summed E-state index contributed by atoms with van der Waals surface area (Å²) in [6, 6.07) is 12.3. The number of carbonyl (C=O) groups excluding carboxylic acids is 1. The number of benzene rings is 2. The molecular formula is C31H35N3O11. The summed E-state index contributed by atoms with van der Waals surface area (Å²) in [5, 5.41) is 34.1. The molecule has 2 aliphatic heterocycles. The van der Waals surface area contributed by atoms with E-state index in [0.717, 1.165) is 47.8 Å². The second-order valence-corrected chi connectivity index (χ2v) is 9.78. The first-order chi connectivity index (χ1) is 21.2. The number of ether oxygens (including phenoxy) is 2. The summed E-state index contributed by atoms with van der Waals surface area (Å²) >= 11 is 0. The largest absolute Gasteiger partial charge is 0.493 e. The van der Waals surface area contributed by atoms with Crippen LogP contribution in [0.15, 0.2) is 65.7 Å². The van der Waals surface area contributed by atoms with E-state index >= 15 is 0 Å². The van der Waals surface area contributed by atoms with Gasteiger partial charge in [-0.3, -0.25) is 9.79 Å². The number of carboxylic acid groups (broad SMARTS) is 4. The minimum absolute atomic E-state index is 0.0795. The van der Waals surface area contributed by atoms with Crippen molar-refractivity contribution in [3.05, 3.63) is 77.4 Å². The Morgan fingerprint density at radius 1 is 0.844 bits per heavy atom. The number of piperidine rings is 1. The number of aliphatic imine (C=N–C) groups is 1. The average molecular weight is 626 g/mol. The number of hydrogen-bond acceptors (Lipinski definition) is 9. The van der Waals surface area contributed by atoms with Crippen LogP contribution < -0.4 is 14.8 Å². The van der Waals surface area contributed by atoms with Crippen molar-refractivity contribution in [3.8, 4) is 11.5 Å². The van der Waals surface area contributed by atoms with Gasteiger partial charge in [-0.25, -0.2) is 19.2 Å². The van der Waals surface area contributed by atoms with Gasteiger partial charge in [-0.2, -0.15) is 0 Å². The van der Waals surface area contributed by atoms with Crippen LogP contribution in [0.4, 0.5) is 5.69 Å². The first-order valence-electron chi connectivity index (χ1n) is 13.4. The molecule has 2 aromatic carbocycles. The Hall–Kier alpha value is -5.50. The van der Waals surface area contributed by atoms with Gasteiger partial charge >= 0.3 is 23.9 Å². The molecule has 2 aromatic rings. The first-order valence-corrected chi connectivity index (χ1v) is 13.4. The molecule has 0 radical (unpaired) electrons. The first kappa shape index (κ1) is 35.7. The van der Waals surface area contributed by atoms with Crippen molar-refractivity contribution in [2.24, 2.45) is 4.99 Å². The maximum Gasteiger partial charge on any atom is 0.328 e. The van der Waals surface area contributed by atoms with Crippen molar-refractivity contribution in [2.75, 3.05) is 39.7 Å². The zero-order valence-electron chi connectivity index (χ0n) is 25.1. The second kappa shape index (κ2) is 17.0. The Balaban J connectivity index is 0.000000365. The van der Waals surface area contributed by atoms with E-state index < -0.39 is 23.9 Å². The molecule has 0 aliphatic carbocycles. The van der Waals surface area contributed by atoms with Gasteiger partial charge in [0.25, 0.3) is 0 Å². The Bertz CT molecular complexity index is 1430. The standard InChI is InChI=1S/C23H27N3O3.2C4H4O4/c1-14(27)24-16-7-5-15(6-8-16)23-18-12-22(29-4)21(28-3)11-17(18)19-13-26(2)10-9-20(19)25-23;2*5-3(6)1-2-4(7)8/h5-8,11-12,19-20H,9-10,13H2,1-4H3,(H,24,27);2*1-2H,(H,5,6)(H,7,8)/b;2*2-1-/t19-,20-;;/m0../s1. The normalized spacial score (nSPS) is 16.8. The van der Waals surface area contributed by atoms with Gasteiger partial charge in [-0.05, 0) is 49.8 Å². The van der Waals surface area contributed by atoms with Gasteiger partial charge in [0.15, 0.2) is 11.5 Å². The molecule has 1 fully saturated rings. The van der Waals surface area contributed by atoms with Crippen LogP contribution in [0.2, 0.25) is 0 Å². The topological polar surface area (TPSA) is 212 Å². The molecule has 0 bridgehead atoms. The number of amides is 1. The summed E-state index contributed by atoms with van der Waals surface area (Å²) in [5.41, 5.74) is 5.13. The van der Waals surface area contributed by atoms with Crippen LogP contribution in [0.1, 0.15) is 36.0 Å². The SMILES string of the molecule is COc1cc2c(cc1OC)[C@@H]1CN(C)CC[C@@H]1N=C2c1ccc(NC(C)=O)cc1.O=C(O)/C=C\C(=O)O.O=C(O)/C=C\C(=O)O. The van der Waals surface area contributed by atoms with Crippen molar-refractivity contribution in [1.29, 1.82) is 0 Å². The monoisotopic (exact) mass is 625 g/mol. The van der Waals surface area contributed by atoms with E-state index in [1.807, 2.05) is 30.3 Å². The molecule has 14 heteroatoms. The lowest BCUT2D eigenvalue weighted by molar-refractivity contribution is -0.134. The number of aliphatic carboxylic acids is 4. The summed E-state index contributed by atoms with van der Waals surface area (Å²) in [6.07, 6.45) is 3.26. The number of likely N-dealkylation sites (N-methyl/N-ethyl adjacent to an activating group) is 1. The van der Waals surface area contributed by atoms with Crippen LogP contribution in [0.3, 0.4) is 0 Å². The highest BCUT2D eigenvalue weighted by Gasteiger charge is 2.36. The Labute approximate surface area is 258 Å². The molecule has 2 aliphatic rings. The third-order valence-corrected chi connectivity index (χ3v) is 6.50. The van der Waals surface area contributed by atoms with Gasteiger partial charge in [-0.15, -0.1) is 0 Å². The second-order valence-electron chi connectivity index (χ2n) is 9.78. The van der Waals surface area contributed by atoms with E-state index in [9.17, 15) is 24.0 Å². The predicted octanol–water partition coefficient (Wildman–Crippen LogP) is 2.72. The fraction of sp³-hybridized carbons (Fsp3) is 0.290. The number of carboxylic acids is 4. The van der Waals surface area contributed by atoms with E-state index in [0.29, 0.717) is 36.0 Å². The van der Waals surface area contributed by atoms with Crippen LogP contribution in [0.25, 0.3) is 0 Å². The van der Waals surface area contributed by atoms with E-state index in [1.165, 1.54) is 12.5 Å². The molecule has 4 rings (SSSR count). The van der Waals surface area contributed by atoms with Crippen molar-refractivity contribution >= 4 is 41.2 Å². The van der Waals surface area contributed by atoms with Crippen molar-refractivity contribution in [3.63, 3.8) is 0 Å². The van der Waals surface area contributed by atoms with Crippen LogP contribution in [-0.4, -0.2) is 101 Å². The molecule has 45 heavy (non-hydrogen) atoms. The lowest BCUT2D eigenvalue weighted by Crippen LogP contribution is -2.41. The van der Waals surface area contributed by atoms with Gasteiger partial charge in [0.05, 0.1) is 26.0 Å². The minimum atomic E-state index is -1.26. The molecule has 0 aromatic heterocycles. The maximum absolute atomic E-state index is 11.3. The lowest BCUT2D eigenvalue weighted by atomic mass is 9.79. The molecule has 2 heterocycles. The Morgan fingerprint density at radius 2 is 1.33 bits per heavy atom. The number of methoxy groups -OCH3 is 2. The molecule has 0 unspecified atom stereocenters. The third-order valence-electron chi connectivity index (χ3n) is 6.50. The molecule has 14 nitrogen and oxygen atoms in total. The predicted molar refractivity (Wildman–Crippen MR) is 163 cm³/mol. The van der Waals surface area contributed by atoms with Gasteiger partial charge in [0.2, 0.25) is 5.91 Å². The summed E-state index contributed by atoms with van der Waals surface area (Å²) in [5.74, 6) is -3.31. The van der Waals surface area contributed by atoms with Crippen molar-refractivity contribution in [2.45, 2.75) is 25.3 Å². The summed E-state index contributed by atoms with van der Waals surface area (Å²) in [4.78, 5) is 57.1. The number of rotatable bonds is 8. The van der Waals surface area contributed by atoms with Gasteiger partial charge in [0, 0.05) is 60.5 Å². The maximum atomic E-state index is 11.3. The van der Waals surface area contributed by atoms with E-state index in [-0.39, 0.29) is 11.9 Å². The zero-order valence-corrected chi connectivity index (χ0v) is 25.1. The number of likely N-dealkylation sites (tertiary alicyclic amines) is 1. The van der Waals surface area contributed by atoms with E-state index in [1.54, 1.807) is 14.2 Å². The number of anilines is 1. The summed E-state index contributed by atoms with van der Waals surface area (Å²) in [7, 11) is 5.49. The number of carbonyl (C=O) groups is 5. The molecule has 240 valence electrons. The zero-order chi connectivity index (χ0) is 33.7. The lowest BCUT2D eigenvalue weighted by Gasteiger charge is -2.39. The Kier molecular flexibility index (Phi) is 13.5. The smallest absolute Gasteiger partial charge is 0.328 e. The van der Waals surface area contributed by atoms with Crippen molar-refractivity contribution < 1.29 is 53.9 Å². The summed E-state index contributed by atoms with van der Waals surface area (Å²) < 4.78 is 11.2. The van der Waals surface area contributed by atoms with Crippen LogP contribution in [0, 0.1) is 0 Å². The molecule has 1 saturated heterocycles. The summed E-state index contributed by atoms with van der Waals surface area (Å²) in [6.45, 7) is 3.53. The molecule has 2 atom stereocenters. The fourth-order valence-corrected chi connectivity index (χ4v) is 4.63. The molecular weight excluding hydrogens is 590 g/mol. The van der Waals surface area contributed by atoms with E-state index in [4.69, 9.17) is 34.9 Å². The number of fused-ring (bicyclic) bond motifs is 3. The van der Waals surface area contributed by atoms with Crippen LogP contribution >= 0.6 is 0 Å². The highest BCUT2D eigenvalue weighted by atomic mass is 16.5. The van der Waals surface area contributed by atoms with Gasteiger partial charge in [-0.1, -0.05) is 12.1 Å². The third kappa shape index (κ3) is 11.3. The quantitative estimate of drug-likeness (QED) is 0.268. The molecule has 0 spiro atoms. The number of nitrogens with zero attached hydrogens (tertiary/aromatic N) is 2. The molecule has 5 N–H and O–H groups in total. The van der Waals surface area contributed by atoms with Crippen LogP contribution in [-0.2, 0) is 24.0 Å². The fourth-order valence-electron chi connectivity index (χ4n) is 4.63. The Morgan fingerprint density at radius 3 is 1.78 bits per heavy atom. The highest BCUT2D eigenvalue weighted by Crippen LogP contribution is 2.42. The average Bonchev–Trinajstić information content (AvgIpc) is 2.98.